The first-order valence-electron chi connectivity index (χ1n) is 9.88. The summed E-state index contributed by atoms with van der Waals surface area (Å²) in [6.45, 7) is 14.1. The third-order valence-corrected chi connectivity index (χ3v) is 5.08. The molecule has 0 aromatic carbocycles. The van der Waals surface area contributed by atoms with E-state index < -0.39 is 40.8 Å². The van der Waals surface area contributed by atoms with Gasteiger partial charge in [0.2, 0.25) is 0 Å². The van der Waals surface area contributed by atoms with Crippen LogP contribution in [0.25, 0.3) is 0 Å². The second-order valence-electron chi connectivity index (χ2n) is 9.63. The number of hydrogen-bond donors (Lipinski definition) is 2. The van der Waals surface area contributed by atoms with Crippen molar-refractivity contribution in [2.75, 3.05) is 13.2 Å². The van der Waals surface area contributed by atoms with Gasteiger partial charge in [0.05, 0.1) is 25.4 Å². The molecular weight excluding hydrogens is 380 g/mol. The molecular formula is C21H36O8. The highest BCUT2D eigenvalue weighted by molar-refractivity contribution is 6.02. The molecule has 1 rings (SSSR count). The Morgan fingerprint density at radius 3 is 1.41 bits per heavy atom. The molecule has 8 heteroatoms. The number of hydrogen-bond acceptors (Lipinski definition) is 8. The maximum Gasteiger partial charge on any atom is 0.452 e. The Morgan fingerprint density at radius 2 is 1.14 bits per heavy atom. The van der Waals surface area contributed by atoms with Crippen molar-refractivity contribution in [3.8, 4) is 0 Å². The van der Waals surface area contributed by atoms with Crippen LogP contribution in [0, 0.1) is 22.7 Å². The highest BCUT2D eigenvalue weighted by Gasteiger charge is 2.57. The van der Waals surface area contributed by atoms with Crippen molar-refractivity contribution < 1.29 is 38.7 Å². The average molecular weight is 417 g/mol. The Kier molecular flexibility index (Phi) is 8.13. The zero-order valence-corrected chi connectivity index (χ0v) is 18.7. The van der Waals surface area contributed by atoms with Crippen LogP contribution in [0.15, 0.2) is 12.5 Å². The van der Waals surface area contributed by atoms with Crippen molar-refractivity contribution in [1.82, 2.24) is 0 Å². The van der Waals surface area contributed by atoms with Crippen LogP contribution in [0.5, 0.6) is 0 Å². The molecule has 0 amide bonds. The lowest BCUT2D eigenvalue weighted by molar-refractivity contribution is -0.222. The van der Waals surface area contributed by atoms with Crippen LogP contribution >= 0.6 is 0 Å². The standard InChI is InChI=1S/C21H36O8/c1-13(2)15(22)19(5,6)11-26-17(24)21(28-9-10-29-21)18(25)27-12-20(7,8)16(23)14(3)4/h9-10,13-16,22-23H,11-12H2,1-8H3. The Hall–Kier alpha value is -1.80. The predicted molar refractivity (Wildman–Crippen MR) is 105 cm³/mol. The van der Waals surface area contributed by atoms with Crippen LogP contribution in [0.3, 0.4) is 0 Å². The number of aliphatic hydroxyl groups is 2. The van der Waals surface area contributed by atoms with Crippen molar-refractivity contribution in [2.45, 2.75) is 73.4 Å². The van der Waals surface area contributed by atoms with Crippen molar-refractivity contribution in [3.63, 3.8) is 0 Å². The molecule has 2 N–H and O–H groups in total. The molecule has 0 saturated carbocycles. The van der Waals surface area contributed by atoms with Crippen molar-refractivity contribution in [3.05, 3.63) is 12.5 Å². The van der Waals surface area contributed by atoms with E-state index in [0.29, 0.717) is 0 Å². The summed E-state index contributed by atoms with van der Waals surface area (Å²) in [6.07, 6.45) is 0.676. The quantitative estimate of drug-likeness (QED) is 0.412. The highest BCUT2D eigenvalue weighted by atomic mass is 16.8. The van der Waals surface area contributed by atoms with Crippen LogP contribution < -0.4 is 0 Å². The molecule has 0 saturated heterocycles. The Balaban J connectivity index is 2.84. The molecule has 8 nitrogen and oxygen atoms in total. The van der Waals surface area contributed by atoms with Crippen LogP contribution in [0.2, 0.25) is 0 Å². The number of esters is 2. The zero-order chi connectivity index (χ0) is 22.6. The summed E-state index contributed by atoms with van der Waals surface area (Å²) >= 11 is 0. The minimum Gasteiger partial charge on any atom is -0.459 e. The SMILES string of the molecule is CC(C)C(O)C(C)(C)COC(=O)C1(C(=O)OCC(C)(C)C(O)C(C)C)OC=CO1. The Bertz CT molecular complexity index is 554. The van der Waals surface area contributed by atoms with Crippen LogP contribution in [0.4, 0.5) is 0 Å². The van der Waals surface area contributed by atoms with Crippen molar-refractivity contribution >= 4 is 11.9 Å². The Morgan fingerprint density at radius 1 is 0.828 bits per heavy atom. The van der Waals surface area contributed by atoms with Crippen LogP contribution in [0.1, 0.15) is 55.4 Å². The van der Waals surface area contributed by atoms with Gasteiger partial charge in [-0.3, -0.25) is 0 Å². The lowest BCUT2D eigenvalue weighted by Gasteiger charge is -2.34. The van der Waals surface area contributed by atoms with Gasteiger partial charge < -0.3 is 29.2 Å². The first kappa shape index (κ1) is 25.2. The lowest BCUT2D eigenvalue weighted by Crippen LogP contribution is -2.52. The van der Waals surface area contributed by atoms with Gasteiger partial charge >= 0.3 is 17.7 Å². The number of ether oxygens (including phenoxy) is 4. The maximum atomic E-state index is 12.7. The zero-order valence-electron chi connectivity index (χ0n) is 18.7. The molecule has 0 aromatic rings. The minimum absolute atomic E-state index is 0.0436. The fraction of sp³-hybridized carbons (Fsp3) is 0.810. The Labute approximate surface area is 173 Å². The summed E-state index contributed by atoms with van der Waals surface area (Å²) in [5, 5.41) is 20.6. The van der Waals surface area contributed by atoms with Gasteiger partial charge in [-0.15, -0.1) is 0 Å². The van der Waals surface area contributed by atoms with Gasteiger partial charge in [0.1, 0.15) is 12.5 Å². The van der Waals surface area contributed by atoms with E-state index in [4.69, 9.17) is 18.9 Å². The van der Waals surface area contributed by atoms with Gasteiger partial charge in [0.25, 0.3) is 0 Å². The molecule has 168 valence electrons. The summed E-state index contributed by atoms with van der Waals surface area (Å²) in [5.74, 6) is -4.62. The molecule has 0 aromatic heterocycles. The van der Waals surface area contributed by atoms with Gasteiger partial charge in [-0.05, 0) is 11.8 Å². The summed E-state index contributed by atoms with van der Waals surface area (Å²) in [4.78, 5) is 25.3. The molecule has 0 spiro atoms. The van der Waals surface area contributed by atoms with E-state index in [-0.39, 0.29) is 25.0 Å². The molecule has 1 aliphatic heterocycles. The van der Waals surface area contributed by atoms with Gasteiger partial charge in [-0.25, -0.2) is 9.59 Å². The molecule has 0 radical (unpaired) electrons. The van der Waals surface area contributed by atoms with Crippen molar-refractivity contribution in [1.29, 1.82) is 0 Å². The maximum absolute atomic E-state index is 12.7. The second-order valence-corrected chi connectivity index (χ2v) is 9.63. The number of aliphatic hydroxyl groups excluding tert-OH is 2. The molecule has 2 unspecified atom stereocenters. The summed E-state index contributed by atoms with van der Waals surface area (Å²) in [6, 6.07) is 0. The number of carbonyl (C=O) groups is 2. The van der Waals surface area contributed by atoms with E-state index >= 15 is 0 Å². The summed E-state index contributed by atoms with van der Waals surface area (Å²) in [5.41, 5.74) is -1.49. The van der Waals surface area contributed by atoms with Crippen molar-refractivity contribution in [2.24, 2.45) is 22.7 Å². The van der Waals surface area contributed by atoms with E-state index in [2.05, 4.69) is 0 Å². The fourth-order valence-electron chi connectivity index (χ4n) is 3.22. The van der Waals surface area contributed by atoms with Gasteiger partial charge in [0, 0.05) is 10.8 Å². The normalized spacial score (nSPS) is 18.2. The smallest absolute Gasteiger partial charge is 0.452 e. The molecule has 0 fully saturated rings. The minimum atomic E-state index is -2.39. The molecule has 1 aliphatic rings. The highest BCUT2D eigenvalue weighted by Crippen LogP contribution is 2.31. The molecule has 0 aliphatic carbocycles. The topological polar surface area (TPSA) is 112 Å². The monoisotopic (exact) mass is 416 g/mol. The molecule has 1 heterocycles. The van der Waals surface area contributed by atoms with Crippen LogP contribution in [-0.2, 0) is 28.5 Å². The molecule has 0 bridgehead atoms. The third-order valence-electron chi connectivity index (χ3n) is 5.08. The fourth-order valence-corrected chi connectivity index (χ4v) is 3.22. The average Bonchev–Trinajstić information content (AvgIpc) is 3.13. The van der Waals surface area contributed by atoms with E-state index in [1.807, 2.05) is 27.7 Å². The van der Waals surface area contributed by atoms with Gasteiger partial charge in [-0.1, -0.05) is 55.4 Å². The summed E-state index contributed by atoms with van der Waals surface area (Å²) in [7, 11) is 0. The first-order valence-corrected chi connectivity index (χ1v) is 9.88. The van der Waals surface area contributed by atoms with Gasteiger partial charge in [-0.2, -0.15) is 0 Å². The van der Waals surface area contributed by atoms with E-state index in [9.17, 15) is 19.8 Å². The van der Waals surface area contributed by atoms with E-state index in [1.165, 1.54) is 0 Å². The summed E-state index contributed by atoms with van der Waals surface area (Å²) < 4.78 is 20.8. The predicted octanol–water partition coefficient (Wildman–Crippen LogP) is 2.37. The van der Waals surface area contributed by atoms with Crippen LogP contribution in [-0.4, -0.2) is 53.4 Å². The molecule has 2 atom stereocenters. The van der Waals surface area contributed by atoms with Gasteiger partial charge in [0.15, 0.2) is 0 Å². The first-order chi connectivity index (χ1) is 13.2. The van der Waals surface area contributed by atoms with E-state index in [0.717, 1.165) is 12.5 Å². The van der Waals surface area contributed by atoms with E-state index in [1.54, 1.807) is 27.7 Å². The lowest BCUT2D eigenvalue weighted by atomic mass is 9.81. The number of rotatable bonds is 10. The third kappa shape index (κ3) is 5.85. The second kappa shape index (κ2) is 9.34. The largest absolute Gasteiger partial charge is 0.459 e. The molecule has 29 heavy (non-hydrogen) atoms. The number of carbonyl (C=O) groups excluding carboxylic acids is 2.